The zero-order chi connectivity index (χ0) is 28.4. The molecule has 4 aromatic rings. The van der Waals surface area contributed by atoms with E-state index in [-0.39, 0.29) is 19.8 Å². The van der Waals surface area contributed by atoms with E-state index < -0.39 is 12.1 Å². The normalized spacial score (nSPS) is 12.3. The van der Waals surface area contributed by atoms with Crippen molar-refractivity contribution in [3.8, 4) is 11.1 Å². The maximum absolute atomic E-state index is 12.9. The highest BCUT2D eigenvalue weighted by Crippen LogP contribution is 2.43. The van der Waals surface area contributed by atoms with Crippen LogP contribution >= 0.6 is 11.6 Å². The third-order valence-corrected chi connectivity index (χ3v) is 7.38. The third-order valence-electron chi connectivity index (χ3n) is 7.07. The van der Waals surface area contributed by atoms with Crippen LogP contribution in [0.2, 0.25) is 5.02 Å². The van der Waals surface area contributed by atoms with Crippen LogP contribution in [0.1, 0.15) is 51.4 Å². The standard InChI is InChI=1S/C28H34ClN5O5/c1-7-22(39-15-17-13-18(14-36)34(5)30-17)25-23(16(2)33(4)31-25)24-21(29)11-10-20-19(9-8-12-35)27(28(37)38-6)32(3)26(20)24/h7,10-11,13,22,35-36H,1,8-9,12,14-15H2,2-6H3. The number of aromatic nitrogens is 5. The van der Waals surface area contributed by atoms with Crippen LogP contribution in [0.4, 0.5) is 0 Å². The van der Waals surface area contributed by atoms with Gasteiger partial charge in [-0.05, 0) is 37.5 Å². The fourth-order valence-electron chi connectivity index (χ4n) is 5.07. The first-order valence-electron chi connectivity index (χ1n) is 12.6. The molecule has 3 aromatic heterocycles. The molecule has 2 N–H and O–H groups in total. The van der Waals surface area contributed by atoms with E-state index in [1.807, 2.05) is 33.2 Å². The molecule has 1 unspecified atom stereocenters. The zero-order valence-electron chi connectivity index (χ0n) is 22.9. The summed E-state index contributed by atoms with van der Waals surface area (Å²) >= 11 is 6.89. The van der Waals surface area contributed by atoms with Crippen molar-refractivity contribution >= 4 is 28.5 Å². The van der Waals surface area contributed by atoms with Gasteiger partial charge in [0.2, 0.25) is 0 Å². The van der Waals surface area contributed by atoms with Crippen molar-refractivity contribution in [2.75, 3.05) is 13.7 Å². The molecule has 0 aliphatic carbocycles. The lowest BCUT2D eigenvalue weighted by Gasteiger charge is -2.16. The Morgan fingerprint density at radius 2 is 1.92 bits per heavy atom. The summed E-state index contributed by atoms with van der Waals surface area (Å²) in [6.45, 7) is 5.99. The number of carbonyl (C=O) groups excluding carboxylic acids is 1. The average Bonchev–Trinajstić information content (AvgIpc) is 3.53. The summed E-state index contributed by atoms with van der Waals surface area (Å²) in [5.41, 5.74) is 6.28. The van der Waals surface area contributed by atoms with Crippen LogP contribution in [-0.2, 0) is 50.3 Å². The number of halogens is 1. The summed E-state index contributed by atoms with van der Waals surface area (Å²) in [5, 5.41) is 29.5. The number of rotatable bonds is 11. The number of aliphatic hydroxyl groups is 2. The fourth-order valence-corrected chi connectivity index (χ4v) is 5.32. The number of hydrogen-bond donors (Lipinski definition) is 2. The molecular weight excluding hydrogens is 522 g/mol. The number of aliphatic hydroxyl groups excluding tert-OH is 2. The summed E-state index contributed by atoms with van der Waals surface area (Å²) in [4.78, 5) is 12.9. The molecule has 0 aliphatic rings. The van der Waals surface area contributed by atoms with Crippen molar-refractivity contribution in [3.63, 3.8) is 0 Å². The van der Waals surface area contributed by atoms with Gasteiger partial charge in [-0.25, -0.2) is 4.79 Å². The van der Waals surface area contributed by atoms with Crippen molar-refractivity contribution in [2.24, 2.45) is 21.1 Å². The number of fused-ring (bicyclic) bond motifs is 1. The molecular formula is C28H34ClN5O5. The van der Waals surface area contributed by atoms with E-state index in [2.05, 4.69) is 11.7 Å². The third kappa shape index (κ3) is 5.12. The molecule has 208 valence electrons. The molecule has 39 heavy (non-hydrogen) atoms. The lowest BCUT2D eigenvalue weighted by molar-refractivity contribution is 0.0589. The molecule has 0 radical (unpaired) electrons. The molecule has 1 atom stereocenters. The van der Waals surface area contributed by atoms with Crippen LogP contribution < -0.4 is 0 Å². The quantitative estimate of drug-likeness (QED) is 0.213. The van der Waals surface area contributed by atoms with Crippen LogP contribution in [0.15, 0.2) is 30.9 Å². The molecule has 0 bridgehead atoms. The Morgan fingerprint density at radius 1 is 1.18 bits per heavy atom. The Balaban J connectivity index is 1.89. The monoisotopic (exact) mass is 555 g/mol. The number of hydrogen-bond acceptors (Lipinski definition) is 7. The minimum atomic E-state index is -0.597. The van der Waals surface area contributed by atoms with Crippen LogP contribution in [0, 0.1) is 6.92 Å². The lowest BCUT2D eigenvalue weighted by Crippen LogP contribution is -2.11. The van der Waals surface area contributed by atoms with E-state index in [4.69, 9.17) is 26.2 Å². The zero-order valence-corrected chi connectivity index (χ0v) is 23.6. The number of aryl methyl sites for hydroxylation is 4. The van der Waals surface area contributed by atoms with E-state index >= 15 is 0 Å². The van der Waals surface area contributed by atoms with Gasteiger partial charge in [-0.2, -0.15) is 10.2 Å². The first kappa shape index (κ1) is 28.6. The summed E-state index contributed by atoms with van der Waals surface area (Å²) < 4.78 is 16.5. The number of ether oxygens (including phenoxy) is 2. The molecule has 10 nitrogen and oxygen atoms in total. The Morgan fingerprint density at radius 3 is 2.54 bits per heavy atom. The second-order valence-electron chi connectivity index (χ2n) is 9.37. The van der Waals surface area contributed by atoms with Gasteiger partial charge in [0.25, 0.3) is 0 Å². The summed E-state index contributed by atoms with van der Waals surface area (Å²) in [6.07, 6.45) is 2.07. The second-order valence-corrected chi connectivity index (χ2v) is 9.78. The van der Waals surface area contributed by atoms with Crippen LogP contribution in [-0.4, -0.2) is 54.0 Å². The largest absolute Gasteiger partial charge is 0.464 e. The molecule has 1 aromatic carbocycles. The van der Waals surface area contributed by atoms with Crippen molar-refractivity contribution in [2.45, 2.75) is 39.1 Å². The summed E-state index contributed by atoms with van der Waals surface area (Å²) in [5.74, 6) is -0.461. The van der Waals surface area contributed by atoms with Gasteiger partial charge in [-0.15, -0.1) is 6.58 Å². The topological polar surface area (TPSA) is 117 Å². The van der Waals surface area contributed by atoms with Gasteiger partial charge in [0.1, 0.15) is 17.5 Å². The van der Waals surface area contributed by atoms with Gasteiger partial charge in [-0.1, -0.05) is 23.7 Å². The van der Waals surface area contributed by atoms with Gasteiger partial charge >= 0.3 is 5.97 Å². The van der Waals surface area contributed by atoms with Crippen LogP contribution in [0.25, 0.3) is 22.0 Å². The molecule has 11 heteroatoms. The Bertz CT molecular complexity index is 1530. The van der Waals surface area contributed by atoms with Crippen molar-refractivity contribution in [1.82, 2.24) is 24.1 Å². The van der Waals surface area contributed by atoms with Gasteiger partial charge in [0.05, 0.1) is 42.3 Å². The highest BCUT2D eigenvalue weighted by atomic mass is 35.5. The van der Waals surface area contributed by atoms with Crippen molar-refractivity contribution in [3.05, 3.63) is 69.9 Å². The van der Waals surface area contributed by atoms with E-state index in [0.717, 1.165) is 27.7 Å². The van der Waals surface area contributed by atoms with Gasteiger partial charge < -0.3 is 24.3 Å². The second kappa shape index (κ2) is 11.7. The van der Waals surface area contributed by atoms with Crippen molar-refractivity contribution in [1.29, 1.82) is 0 Å². The Hall–Kier alpha value is -3.44. The number of carbonyl (C=O) groups is 1. The van der Waals surface area contributed by atoms with Gasteiger partial charge in [0.15, 0.2) is 0 Å². The Labute approximate surface area is 232 Å². The number of methoxy groups -OCH3 is 1. The maximum Gasteiger partial charge on any atom is 0.354 e. The fraction of sp³-hybridized carbons (Fsp3) is 0.393. The first-order valence-corrected chi connectivity index (χ1v) is 13.0. The molecule has 0 amide bonds. The smallest absolute Gasteiger partial charge is 0.354 e. The van der Waals surface area contributed by atoms with E-state index in [1.54, 1.807) is 33.1 Å². The van der Waals surface area contributed by atoms with E-state index in [9.17, 15) is 15.0 Å². The average molecular weight is 556 g/mol. The molecule has 0 fully saturated rings. The van der Waals surface area contributed by atoms with Crippen LogP contribution in [0.3, 0.4) is 0 Å². The lowest BCUT2D eigenvalue weighted by atomic mass is 9.96. The minimum absolute atomic E-state index is 0.00225. The Kier molecular flexibility index (Phi) is 8.60. The van der Waals surface area contributed by atoms with Gasteiger partial charge in [0, 0.05) is 50.0 Å². The first-order chi connectivity index (χ1) is 18.7. The SMILES string of the molecule is C=CC(OCc1cc(CO)n(C)n1)c1nn(C)c(C)c1-c1c(Cl)ccc2c(CCCO)c(C(=O)OC)n(C)c12. The maximum atomic E-state index is 12.9. The molecule has 0 saturated heterocycles. The number of nitrogens with zero attached hydrogens (tertiary/aromatic N) is 5. The van der Waals surface area contributed by atoms with Gasteiger partial charge in [-0.3, -0.25) is 9.36 Å². The van der Waals surface area contributed by atoms with E-state index in [0.29, 0.717) is 46.2 Å². The molecule has 4 rings (SSSR count). The summed E-state index contributed by atoms with van der Waals surface area (Å²) in [7, 11) is 6.77. The number of benzene rings is 1. The molecule has 3 heterocycles. The molecule has 0 spiro atoms. The van der Waals surface area contributed by atoms with Crippen molar-refractivity contribution < 1.29 is 24.5 Å². The number of esters is 1. The predicted octanol–water partition coefficient (Wildman–Crippen LogP) is 3.92. The summed E-state index contributed by atoms with van der Waals surface area (Å²) in [6, 6.07) is 5.49. The molecule has 0 saturated carbocycles. The highest BCUT2D eigenvalue weighted by molar-refractivity contribution is 6.35. The predicted molar refractivity (Wildman–Crippen MR) is 148 cm³/mol. The molecule has 0 aliphatic heterocycles. The van der Waals surface area contributed by atoms with Crippen LogP contribution in [0.5, 0.6) is 0 Å². The van der Waals surface area contributed by atoms with E-state index in [1.165, 1.54) is 7.11 Å². The minimum Gasteiger partial charge on any atom is -0.464 e. The highest BCUT2D eigenvalue weighted by Gasteiger charge is 2.29.